The Labute approximate surface area is 343 Å². The zero-order valence-corrected chi connectivity index (χ0v) is 36.7. The molecule has 15 nitrogen and oxygen atoms in total. The van der Waals surface area contributed by atoms with Crippen LogP contribution in [0.3, 0.4) is 0 Å². The molecule has 0 bridgehead atoms. The van der Waals surface area contributed by atoms with Gasteiger partial charge in [-0.2, -0.15) is 0 Å². The topological polar surface area (TPSA) is 202 Å². The number of ether oxygens (including phenoxy) is 2. The number of carbonyl (C=O) groups is 3. The van der Waals surface area contributed by atoms with Gasteiger partial charge in [-0.05, 0) is 70.2 Å². The summed E-state index contributed by atoms with van der Waals surface area (Å²) < 4.78 is 63.3. The number of hydrogen-bond donors (Lipinski definition) is 3. The van der Waals surface area contributed by atoms with Gasteiger partial charge >= 0.3 is 19.5 Å². The van der Waals surface area contributed by atoms with Crippen molar-refractivity contribution in [1.82, 2.24) is 9.47 Å². The van der Waals surface area contributed by atoms with E-state index in [0.717, 1.165) is 18.9 Å². The van der Waals surface area contributed by atoms with Crippen LogP contribution in [0, 0.1) is 5.82 Å². The summed E-state index contributed by atoms with van der Waals surface area (Å²) in [4.78, 5) is 74.9. The first-order valence-corrected chi connectivity index (χ1v) is 23.3. The monoisotopic (exact) mass is 863 g/mol. The number of anilines is 1. The first-order valence-electron chi connectivity index (χ1n) is 20.1. The smallest absolute Gasteiger partial charge is 0.341 e. The van der Waals surface area contributed by atoms with Crippen LogP contribution in [0.5, 0.6) is 11.5 Å². The van der Waals surface area contributed by atoms with E-state index in [1.54, 1.807) is 49.0 Å². The Morgan fingerprint density at radius 3 is 2.20 bits per heavy atom. The van der Waals surface area contributed by atoms with Gasteiger partial charge in [0.25, 0.3) is 0 Å². The Kier molecular flexibility index (Phi) is 13.6. The second kappa shape index (κ2) is 17.5. The van der Waals surface area contributed by atoms with Crippen LogP contribution < -0.4 is 25.1 Å². The van der Waals surface area contributed by atoms with Crippen molar-refractivity contribution < 1.29 is 56.8 Å². The lowest BCUT2D eigenvalue weighted by atomic mass is 9.80. The molecule has 0 spiro atoms. The van der Waals surface area contributed by atoms with Crippen molar-refractivity contribution in [2.24, 2.45) is 0 Å². The summed E-state index contributed by atoms with van der Waals surface area (Å²) in [6, 6.07) is 4.83. The van der Waals surface area contributed by atoms with Gasteiger partial charge in [-0.15, -0.1) is 0 Å². The van der Waals surface area contributed by atoms with Crippen LogP contribution in [0.15, 0.2) is 35.3 Å². The van der Waals surface area contributed by atoms with E-state index in [-0.39, 0.29) is 91.8 Å². The summed E-state index contributed by atoms with van der Waals surface area (Å²) in [7, 11) is -8.01. The van der Waals surface area contributed by atoms with Crippen molar-refractivity contribution in [3.63, 3.8) is 0 Å². The molecule has 2 heterocycles. The van der Waals surface area contributed by atoms with Crippen molar-refractivity contribution in [3.05, 3.63) is 57.6 Å². The number of esters is 1. The number of fused-ring (bicyclic) bond motifs is 1. The van der Waals surface area contributed by atoms with Gasteiger partial charge in [0.15, 0.2) is 16.5 Å². The third-order valence-electron chi connectivity index (χ3n) is 11.7. The number of benzene rings is 2. The van der Waals surface area contributed by atoms with Crippen LogP contribution in [0.2, 0.25) is 0 Å². The Morgan fingerprint density at radius 1 is 1.02 bits per heavy atom. The fourth-order valence-electron chi connectivity index (χ4n) is 8.39. The molecule has 3 aromatic rings. The maximum absolute atomic E-state index is 16.1. The highest BCUT2D eigenvalue weighted by Crippen LogP contribution is 2.75. The number of aromatic nitrogens is 1. The molecule has 18 heteroatoms. The van der Waals surface area contributed by atoms with Crippen LogP contribution in [0.25, 0.3) is 10.9 Å². The number of carboxylic acid groups (broad SMARTS) is 1. The van der Waals surface area contributed by atoms with Gasteiger partial charge < -0.3 is 43.3 Å². The van der Waals surface area contributed by atoms with E-state index in [1.165, 1.54) is 31.5 Å². The molecule has 5 rings (SSSR count). The fraction of sp³-hybridized carbons (Fsp3) is 0.561. The van der Waals surface area contributed by atoms with E-state index in [9.17, 15) is 43.2 Å². The number of nitrogens with zero attached hydrogens (tertiary/aromatic N) is 3. The number of piperazine rings is 1. The average Bonchev–Trinajstić information content (AvgIpc) is 4.00. The highest BCUT2D eigenvalue weighted by atomic mass is 31.2. The molecule has 2 unspecified atom stereocenters. The summed E-state index contributed by atoms with van der Waals surface area (Å²) in [6.07, 6.45) is 2.99. The molecule has 0 radical (unpaired) electrons. The fourth-order valence-corrected chi connectivity index (χ4v) is 13.7. The second-order valence-corrected chi connectivity index (χ2v) is 21.0. The number of amides is 1. The molecule has 59 heavy (non-hydrogen) atoms. The number of carboxylic acids is 1. The standard InChI is InChI=1S/C41H56FN3O12P2/c1-9-13-34(47)57-32-17-16-27(58(51,56-12-4)41(10-2,11-3)59(52,53)54)20-30(32)40(6,7)22-33(46)44-19-18-43(23-25(44)5)36-31(42)21-28-35(38(36)55-8)45(26-14-15-26)24-29(37(28)48)39(49)50/h16-17,20-21,24-26H,9-15,18-19,22-23H2,1-8H3,(H,49,50)(H2,52,53,54). The van der Waals surface area contributed by atoms with Gasteiger partial charge in [0.1, 0.15) is 17.0 Å². The lowest BCUT2D eigenvalue weighted by Crippen LogP contribution is -2.55. The lowest BCUT2D eigenvalue weighted by Gasteiger charge is -2.42. The quantitative estimate of drug-likeness (QED) is 0.0717. The summed E-state index contributed by atoms with van der Waals surface area (Å²) >= 11 is 0. The third-order valence-corrected chi connectivity index (χ3v) is 18.3. The number of pyridine rings is 1. The van der Waals surface area contributed by atoms with Gasteiger partial charge in [0.2, 0.25) is 18.7 Å². The summed E-state index contributed by atoms with van der Waals surface area (Å²) in [5, 5.41) is 9.63. The molecule has 3 N–H and O–H groups in total. The van der Waals surface area contributed by atoms with E-state index in [1.807, 2.05) is 13.8 Å². The van der Waals surface area contributed by atoms with E-state index < -0.39 is 60.1 Å². The van der Waals surface area contributed by atoms with Crippen molar-refractivity contribution >= 4 is 54.7 Å². The Balaban J connectivity index is 1.50. The average molecular weight is 864 g/mol. The largest absolute Gasteiger partial charge is 0.492 e. The highest BCUT2D eigenvalue weighted by molar-refractivity contribution is 7.80. The molecule has 1 aromatic heterocycles. The SMILES string of the molecule is CCCC(=O)Oc1ccc(P(=O)(OCC)C(CC)(CC)P(=O)(O)O)cc1C(C)(C)CC(=O)N1CCN(c2c(F)cc3c(=O)c(C(=O)O)cn(C4CC4)c3c2OC)CC1C. The molecule has 2 aromatic carbocycles. The van der Waals surface area contributed by atoms with Crippen molar-refractivity contribution in [3.8, 4) is 11.5 Å². The van der Waals surface area contributed by atoms with Crippen LogP contribution in [-0.2, 0) is 28.7 Å². The van der Waals surface area contributed by atoms with Crippen LogP contribution in [0.1, 0.15) is 115 Å². The third kappa shape index (κ3) is 8.48. The minimum Gasteiger partial charge on any atom is -0.492 e. The molecule has 1 amide bonds. The number of halogens is 1. The summed E-state index contributed by atoms with van der Waals surface area (Å²) in [5.74, 6) is -2.78. The zero-order chi connectivity index (χ0) is 43.8. The Morgan fingerprint density at radius 2 is 1.68 bits per heavy atom. The Bertz CT molecular complexity index is 2280. The molecule has 1 aliphatic carbocycles. The second-order valence-electron chi connectivity index (χ2n) is 16.0. The Hall–Kier alpha value is -4.07. The normalized spacial score (nSPS) is 17.5. The predicted octanol–water partition coefficient (Wildman–Crippen LogP) is 6.93. The minimum atomic E-state index is -5.04. The number of hydrogen-bond acceptors (Lipinski definition) is 10. The predicted molar refractivity (Wildman–Crippen MR) is 222 cm³/mol. The van der Waals surface area contributed by atoms with Gasteiger partial charge in [0.05, 0.1) is 24.6 Å². The molecule has 2 aliphatic rings. The van der Waals surface area contributed by atoms with Crippen LogP contribution in [0.4, 0.5) is 10.1 Å². The minimum absolute atomic E-state index is 0.0248. The summed E-state index contributed by atoms with van der Waals surface area (Å²) in [6.45, 7) is 12.3. The molecule has 1 aliphatic heterocycles. The molecule has 1 saturated heterocycles. The number of aromatic carboxylic acids is 1. The van der Waals surface area contributed by atoms with E-state index >= 15 is 4.39 Å². The van der Waals surface area contributed by atoms with E-state index in [4.69, 9.17) is 14.0 Å². The van der Waals surface area contributed by atoms with E-state index in [2.05, 4.69) is 0 Å². The van der Waals surface area contributed by atoms with Crippen LogP contribution in [-0.4, -0.2) is 86.5 Å². The highest BCUT2D eigenvalue weighted by Gasteiger charge is 2.59. The molecule has 1 saturated carbocycles. The van der Waals surface area contributed by atoms with Gasteiger partial charge in [-0.25, -0.2) is 9.18 Å². The van der Waals surface area contributed by atoms with Gasteiger partial charge in [-0.1, -0.05) is 34.6 Å². The molecule has 2 atom stereocenters. The number of rotatable bonds is 17. The van der Waals surface area contributed by atoms with E-state index in [0.29, 0.717) is 17.5 Å². The van der Waals surface area contributed by atoms with Gasteiger partial charge in [0, 0.05) is 67.0 Å². The maximum atomic E-state index is 16.1. The lowest BCUT2D eigenvalue weighted by molar-refractivity contribution is -0.134. The van der Waals surface area contributed by atoms with Gasteiger partial charge in [-0.3, -0.25) is 23.5 Å². The molecule has 324 valence electrons. The van der Waals surface area contributed by atoms with Crippen molar-refractivity contribution in [1.29, 1.82) is 0 Å². The first kappa shape index (κ1) is 46.0. The van der Waals surface area contributed by atoms with Crippen molar-refractivity contribution in [2.45, 2.75) is 116 Å². The maximum Gasteiger partial charge on any atom is 0.341 e. The molecule has 2 fully saturated rings. The summed E-state index contributed by atoms with van der Waals surface area (Å²) in [5.41, 5.74) is -1.65. The number of methoxy groups -OCH3 is 1. The van der Waals surface area contributed by atoms with Crippen molar-refractivity contribution in [2.75, 3.05) is 38.3 Å². The molecular weight excluding hydrogens is 807 g/mol. The number of carbonyl (C=O) groups excluding carboxylic acids is 2. The van der Waals surface area contributed by atoms with Crippen LogP contribution >= 0.6 is 15.0 Å². The molecular formula is C41H56FN3O12P2. The zero-order valence-electron chi connectivity index (χ0n) is 34.9. The first-order chi connectivity index (χ1) is 27.7.